The topological polar surface area (TPSA) is 65.0 Å². The van der Waals surface area contributed by atoms with Gasteiger partial charge in [0.2, 0.25) is 0 Å². The summed E-state index contributed by atoms with van der Waals surface area (Å²) in [5.41, 5.74) is -0.490. The predicted octanol–water partition coefficient (Wildman–Crippen LogP) is 2.58. The number of esters is 1. The average molecular weight is 314 g/mol. The summed E-state index contributed by atoms with van der Waals surface area (Å²) in [5.74, 6) is 0.301. The Morgan fingerprint density at radius 3 is 2.61 bits per heavy atom. The van der Waals surface area contributed by atoms with E-state index in [-0.39, 0.29) is 6.42 Å². The number of aliphatic hydroxyl groups is 1. The molecule has 0 bridgehead atoms. The monoisotopic (exact) mass is 314 g/mol. The summed E-state index contributed by atoms with van der Waals surface area (Å²) in [7, 11) is 2.81. The van der Waals surface area contributed by atoms with Crippen LogP contribution in [0.4, 0.5) is 0 Å². The van der Waals surface area contributed by atoms with Crippen molar-refractivity contribution in [2.75, 3.05) is 14.2 Å². The molecule has 2 atom stereocenters. The quantitative estimate of drug-likeness (QED) is 0.882. The van der Waals surface area contributed by atoms with Crippen molar-refractivity contribution in [1.29, 1.82) is 0 Å². The number of benzene rings is 2. The standard InChI is InChI=1S/C18H18O5/c1-21-13-8-9-14-15(10-13)23-16(12-6-4-3-5-7-12)11-18(14,20)17(19)22-2/h3-10,16,20H,11H2,1-2H3/t16-,18+/m0/s1. The van der Waals surface area contributed by atoms with Crippen LogP contribution in [0.25, 0.3) is 0 Å². The zero-order valence-corrected chi connectivity index (χ0v) is 13.0. The lowest BCUT2D eigenvalue weighted by molar-refractivity contribution is -0.169. The lowest BCUT2D eigenvalue weighted by atomic mass is 9.83. The van der Waals surface area contributed by atoms with Crippen LogP contribution < -0.4 is 9.47 Å². The van der Waals surface area contributed by atoms with Gasteiger partial charge < -0.3 is 19.3 Å². The first-order valence-corrected chi connectivity index (χ1v) is 7.29. The highest BCUT2D eigenvalue weighted by Crippen LogP contribution is 2.46. The molecule has 0 unspecified atom stereocenters. The highest BCUT2D eigenvalue weighted by Gasteiger charge is 2.47. The van der Waals surface area contributed by atoms with Gasteiger partial charge >= 0.3 is 5.97 Å². The van der Waals surface area contributed by atoms with Crippen LogP contribution in [-0.2, 0) is 15.1 Å². The van der Waals surface area contributed by atoms with E-state index < -0.39 is 17.7 Å². The molecule has 0 spiro atoms. The fourth-order valence-electron chi connectivity index (χ4n) is 2.86. The number of fused-ring (bicyclic) bond motifs is 1. The van der Waals surface area contributed by atoms with Crippen molar-refractivity contribution in [2.24, 2.45) is 0 Å². The van der Waals surface area contributed by atoms with Crippen LogP contribution in [0.2, 0.25) is 0 Å². The normalized spacial score (nSPS) is 22.7. The van der Waals surface area contributed by atoms with E-state index in [2.05, 4.69) is 0 Å². The molecule has 1 N–H and O–H groups in total. The molecule has 0 aromatic heterocycles. The number of hydrogen-bond donors (Lipinski definition) is 1. The van der Waals surface area contributed by atoms with Crippen LogP contribution in [0.1, 0.15) is 23.7 Å². The Morgan fingerprint density at radius 2 is 1.96 bits per heavy atom. The molecule has 1 heterocycles. The number of carbonyl (C=O) groups excluding carboxylic acids is 1. The molecular formula is C18H18O5. The van der Waals surface area contributed by atoms with Gasteiger partial charge in [-0.05, 0) is 17.7 Å². The molecule has 5 nitrogen and oxygen atoms in total. The highest BCUT2D eigenvalue weighted by molar-refractivity contribution is 5.82. The minimum atomic E-state index is -1.75. The molecule has 2 aromatic carbocycles. The average Bonchev–Trinajstić information content (AvgIpc) is 2.61. The first kappa shape index (κ1) is 15.4. The number of methoxy groups -OCH3 is 2. The van der Waals surface area contributed by atoms with Crippen molar-refractivity contribution in [3.05, 3.63) is 59.7 Å². The largest absolute Gasteiger partial charge is 0.497 e. The van der Waals surface area contributed by atoms with Crippen LogP contribution in [0.15, 0.2) is 48.5 Å². The molecule has 5 heteroatoms. The third kappa shape index (κ3) is 2.64. The SMILES string of the molecule is COC(=O)[C@@]1(O)C[C@@H](c2ccccc2)Oc2cc(OC)ccc21. The number of rotatable bonds is 3. The van der Waals surface area contributed by atoms with Crippen LogP contribution in [0, 0.1) is 0 Å². The summed E-state index contributed by atoms with van der Waals surface area (Å²) in [6.45, 7) is 0. The first-order chi connectivity index (χ1) is 11.1. The van der Waals surface area contributed by atoms with E-state index >= 15 is 0 Å². The van der Waals surface area contributed by atoms with Crippen LogP contribution in [-0.4, -0.2) is 25.3 Å². The molecule has 3 rings (SSSR count). The van der Waals surface area contributed by atoms with Gasteiger partial charge in [-0.2, -0.15) is 0 Å². The Balaban J connectivity index is 2.09. The predicted molar refractivity (Wildman–Crippen MR) is 83.3 cm³/mol. The van der Waals surface area contributed by atoms with Crippen molar-refractivity contribution in [2.45, 2.75) is 18.1 Å². The van der Waals surface area contributed by atoms with Crippen LogP contribution in [0.5, 0.6) is 11.5 Å². The molecular weight excluding hydrogens is 296 g/mol. The highest BCUT2D eigenvalue weighted by atomic mass is 16.5. The summed E-state index contributed by atoms with van der Waals surface area (Å²) in [6.07, 6.45) is -0.372. The maximum Gasteiger partial charge on any atom is 0.342 e. The van der Waals surface area contributed by atoms with E-state index in [1.54, 1.807) is 25.3 Å². The summed E-state index contributed by atoms with van der Waals surface area (Å²) < 4.78 is 16.0. The number of hydrogen-bond acceptors (Lipinski definition) is 5. The summed E-state index contributed by atoms with van der Waals surface area (Å²) in [4.78, 5) is 12.2. The van der Waals surface area contributed by atoms with E-state index in [1.165, 1.54) is 7.11 Å². The second kappa shape index (κ2) is 5.93. The molecule has 23 heavy (non-hydrogen) atoms. The molecule has 0 amide bonds. The van der Waals surface area contributed by atoms with Gasteiger partial charge in [0.1, 0.15) is 17.6 Å². The van der Waals surface area contributed by atoms with Gasteiger partial charge in [-0.3, -0.25) is 0 Å². The van der Waals surface area contributed by atoms with E-state index in [1.807, 2.05) is 30.3 Å². The van der Waals surface area contributed by atoms with Crippen molar-refractivity contribution in [1.82, 2.24) is 0 Å². The zero-order chi connectivity index (χ0) is 16.4. The maximum absolute atomic E-state index is 12.2. The van der Waals surface area contributed by atoms with Crippen LogP contribution in [0.3, 0.4) is 0 Å². The molecule has 0 saturated carbocycles. The summed E-state index contributed by atoms with van der Waals surface area (Å²) in [5, 5.41) is 11.0. The van der Waals surface area contributed by atoms with Crippen molar-refractivity contribution >= 4 is 5.97 Å². The summed E-state index contributed by atoms with van der Waals surface area (Å²) in [6, 6.07) is 14.4. The van der Waals surface area contributed by atoms with Gasteiger partial charge in [0.15, 0.2) is 5.60 Å². The van der Waals surface area contributed by atoms with E-state index in [9.17, 15) is 9.90 Å². The third-order valence-corrected chi connectivity index (χ3v) is 4.08. The maximum atomic E-state index is 12.2. The lowest BCUT2D eigenvalue weighted by Gasteiger charge is -2.37. The molecule has 120 valence electrons. The van der Waals surface area contributed by atoms with Gasteiger partial charge in [-0.1, -0.05) is 30.3 Å². The Bertz CT molecular complexity index is 713. The minimum Gasteiger partial charge on any atom is -0.497 e. The zero-order valence-electron chi connectivity index (χ0n) is 13.0. The molecule has 0 fully saturated rings. The van der Waals surface area contributed by atoms with Gasteiger partial charge in [0.05, 0.1) is 14.2 Å². The molecule has 1 aliphatic rings. The first-order valence-electron chi connectivity index (χ1n) is 7.29. The van der Waals surface area contributed by atoms with E-state index in [0.717, 1.165) is 5.56 Å². The molecule has 0 aliphatic carbocycles. The van der Waals surface area contributed by atoms with Gasteiger partial charge in [0.25, 0.3) is 0 Å². The molecule has 2 aromatic rings. The number of ether oxygens (including phenoxy) is 3. The van der Waals surface area contributed by atoms with E-state index in [4.69, 9.17) is 14.2 Å². The van der Waals surface area contributed by atoms with Gasteiger partial charge in [-0.25, -0.2) is 4.79 Å². The minimum absolute atomic E-state index is 0.0863. The van der Waals surface area contributed by atoms with Gasteiger partial charge in [-0.15, -0.1) is 0 Å². The Kier molecular flexibility index (Phi) is 3.96. The smallest absolute Gasteiger partial charge is 0.342 e. The Labute approximate surface area is 134 Å². The summed E-state index contributed by atoms with van der Waals surface area (Å²) >= 11 is 0. The Morgan fingerprint density at radius 1 is 1.22 bits per heavy atom. The van der Waals surface area contributed by atoms with E-state index in [0.29, 0.717) is 17.1 Å². The molecule has 0 radical (unpaired) electrons. The second-order valence-electron chi connectivity index (χ2n) is 5.44. The van der Waals surface area contributed by atoms with Crippen LogP contribution >= 0.6 is 0 Å². The van der Waals surface area contributed by atoms with Crippen molar-refractivity contribution < 1.29 is 24.1 Å². The number of carbonyl (C=O) groups is 1. The Hall–Kier alpha value is -2.53. The molecule has 1 aliphatic heterocycles. The fourth-order valence-corrected chi connectivity index (χ4v) is 2.86. The van der Waals surface area contributed by atoms with Gasteiger partial charge in [0, 0.05) is 18.1 Å². The van der Waals surface area contributed by atoms with Crippen molar-refractivity contribution in [3.8, 4) is 11.5 Å². The second-order valence-corrected chi connectivity index (χ2v) is 5.44. The lowest BCUT2D eigenvalue weighted by Crippen LogP contribution is -2.42. The molecule has 0 saturated heterocycles. The fraction of sp³-hybridized carbons (Fsp3) is 0.278. The third-order valence-electron chi connectivity index (χ3n) is 4.08. The van der Waals surface area contributed by atoms with Crippen molar-refractivity contribution in [3.63, 3.8) is 0 Å².